The number of para-hydroxylation sites is 1. The molecule has 0 unspecified atom stereocenters. The van der Waals surface area contributed by atoms with E-state index in [0.717, 1.165) is 48.5 Å². The summed E-state index contributed by atoms with van der Waals surface area (Å²) < 4.78 is 5.12. The number of carbonyl (C=O) groups is 2. The minimum atomic E-state index is -0.0705. The standard InChI is InChI=1S/C23H29N3O3/c1-16-5-4-6-17(2)22(16)25-21(27)15-26-13-11-19(12-14-26)24-23(28)18-7-9-20(29-3)10-8-18/h4-10,19H,11-15H2,1-3H3,(H,24,28)(H,25,27). The third-order valence-electron chi connectivity index (χ3n) is 5.39. The minimum Gasteiger partial charge on any atom is -0.497 e. The molecule has 0 saturated carbocycles. The number of nitrogens with zero attached hydrogens (tertiary/aromatic N) is 1. The van der Waals surface area contributed by atoms with Gasteiger partial charge in [0.25, 0.3) is 5.91 Å². The van der Waals surface area contributed by atoms with Crippen LogP contribution in [0.2, 0.25) is 0 Å². The van der Waals surface area contributed by atoms with E-state index < -0.39 is 0 Å². The van der Waals surface area contributed by atoms with Crippen LogP contribution in [0.15, 0.2) is 42.5 Å². The lowest BCUT2D eigenvalue weighted by Gasteiger charge is -2.32. The fraction of sp³-hybridized carbons (Fsp3) is 0.391. The maximum Gasteiger partial charge on any atom is 0.251 e. The van der Waals surface area contributed by atoms with E-state index in [1.165, 1.54) is 0 Å². The van der Waals surface area contributed by atoms with E-state index in [0.29, 0.717) is 12.1 Å². The lowest BCUT2D eigenvalue weighted by atomic mass is 10.0. The van der Waals surface area contributed by atoms with E-state index in [9.17, 15) is 9.59 Å². The number of piperidine rings is 1. The molecular weight excluding hydrogens is 366 g/mol. The first kappa shape index (κ1) is 20.9. The molecule has 0 radical (unpaired) electrons. The zero-order chi connectivity index (χ0) is 20.8. The Morgan fingerprint density at radius 3 is 2.24 bits per heavy atom. The second kappa shape index (κ2) is 9.56. The molecule has 1 saturated heterocycles. The van der Waals surface area contributed by atoms with Crippen LogP contribution in [0.4, 0.5) is 5.69 Å². The van der Waals surface area contributed by atoms with Gasteiger partial charge in [-0.1, -0.05) is 18.2 Å². The molecular formula is C23H29N3O3. The number of carbonyl (C=O) groups excluding carboxylic acids is 2. The summed E-state index contributed by atoms with van der Waals surface area (Å²) in [6.45, 7) is 5.94. The van der Waals surface area contributed by atoms with Gasteiger partial charge in [-0.25, -0.2) is 0 Å². The number of anilines is 1. The fourth-order valence-electron chi connectivity index (χ4n) is 3.64. The van der Waals surface area contributed by atoms with Crippen molar-refractivity contribution in [2.75, 3.05) is 32.1 Å². The lowest BCUT2D eigenvalue weighted by Crippen LogP contribution is -2.46. The molecule has 2 aromatic rings. The maximum atomic E-state index is 12.4. The van der Waals surface area contributed by atoms with Crippen molar-refractivity contribution < 1.29 is 14.3 Å². The Morgan fingerprint density at radius 2 is 1.66 bits per heavy atom. The van der Waals surface area contributed by atoms with Crippen molar-refractivity contribution >= 4 is 17.5 Å². The molecule has 1 aliphatic rings. The summed E-state index contributed by atoms with van der Waals surface area (Å²) in [6.07, 6.45) is 1.66. The van der Waals surface area contributed by atoms with Gasteiger partial charge in [-0.2, -0.15) is 0 Å². The maximum absolute atomic E-state index is 12.4. The summed E-state index contributed by atoms with van der Waals surface area (Å²) in [7, 11) is 1.60. The quantitative estimate of drug-likeness (QED) is 0.788. The molecule has 154 valence electrons. The summed E-state index contributed by atoms with van der Waals surface area (Å²) >= 11 is 0. The lowest BCUT2D eigenvalue weighted by molar-refractivity contribution is -0.117. The number of hydrogen-bond donors (Lipinski definition) is 2. The van der Waals surface area contributed by atoms with Crippen LogP contribution in [-0.2, 0) is 4.79 Å². The first-order chi connectivity index (χ1) is 14.0. The summed E-state index contributed by atoms with van der Waals surface area (Å²) in [6, 6.07) is 13.2. The van der Waals surface area contributed by atoms with Crippen LogP contribution >= 0.6 is 0 Å². The van der Waals surface area contributed by atoms with E-state index in [1.807, 2.05) is 32.0 Å². The van der Waals surface area contributed by atoms with Crippen LogP contribution < -0.4 is 15.4 Å². The van der Waals surface area contributed by atoms with Gasteiger partial charge in [-0.15, -0.1) is 0 Å². The Kier molecular flexibility index (Phi) is 6.88. The van der Waals surface area contributed by atoms with Gasteiger partial charge in [-0.3, -0.25) is 14.5 Å². The molecule has 1 heterocycles. The average molecular weight is 396 g/mol. The summed E-state index contributed by atoms with van der Waals surface area (Å²) in [4.78, 5) is 27.0. The highest BCUT2D eigenvalue weighted by Crippen LogP contribution is 2.20. The van der Waals surface area contributed by atoms with Gasteiger partial charge in [0.2, 0.25) is 5.91 Å². The monoisotopic (exact) mass is 395 g/mol. The summed E-state index contributed by atoms with van der Waals surface area (Å²) in [5, 5.41) is 6.13. The zero-order valence-corrected chi connectivity index (χ0v) is 17.3. The van der Waals surface area contributed by atoms with Gasteiger partial charge in [0.05, 0.1) is 13.7 Å². The summed E-state index contributed by atoms with van der Waals surface area (Å²) in [5.41, 5.74) is 3.66. The number of ether oxygens (including phenoxy) is 1. The fourth-order valence-corrected chi connectivity index (χ4v) is 3.64. The van der Waals surface area contributed by atoms with E-state index in [4.69, 9.17) is 4.74 Å². The van der Waals surface area contributed by atoms with Gasteiger partial charge < -0.3 is 15.4 Å². The minimum absolute atomic E-state index is 0.00289. The Hall–Kier alpha value is -2.86. The predicted octanol–water partition coefficient (Wildman–Crippen LogP) is 3.14. The molecule has 2 aromatic carbocycles. The average Bonchev–Trinajstić information content (AvgIpc) is 2.72. The molecule has 6 nitrogen and oxygen atoms in total. The van der Waals surface area contributed by atoms with Crippen LogP contribution in [0.3, 0.4) is 0 Å². The van der Waals surface area contributed by atoms with Crippen molar-refractivity contribution in [3.8, 4) is 5.75 Å². The first-order valence-corrected chi connectivity index (χ1v) is 9.99. The smallest absolute Gasteiger partial charge is 0.251 e. The van der Waals surface area contributed by atoms with E-state index >= 15 is 0 Å². The van der Waals surface area contributed by atoms with Crippen molar-refractivity contribution in [3.63, 3.8) is 0 Å². The molecule has 3 rings (SSSR count). The largest absolute Gasteiger partial charge is 0.497 e. The Bertz CT molecular complexity index is 836. The SMILES string of the molecule is COc1ccc(C(=O)NC2CCN(CC(=O)Nc3c(C)cccc3C)CC2)cc1. The van der Waals surface area contributed by atoms with E-state index in [-0.39, 0.29) is 17.9 Å². The van der Waals surface area contributed by atoms with Crippen LogP contribution in [0.5, 0.6) is 5.75 Å². The number of aryl methyl sites for hydroxylation is 2. The Morgan fingerprint density at radius 1 is 1.03 bits per heavy atom. The highest BCUT2D eigenvalue weighted by atomic mass is 16.5. The van der Waals surface area contributed by atoms with Crippen LogP contribution in [-0.4, -0.2) is 49.5 Å². The van der Waals surface area contributed by atoms with Crippen LogP contribution in [0.25, 0.3) is 0 Å². The molecule has 0 atom stereocenters. The van der Waals surface area contributed by atoms with Gasteiger partial charge >= 0.3 is 0 Å². The normalized spacial score (nSPS) is 15.0. The zero-order valence-electron chi connectivity index (χ0n) is 17.3. The summed E-state index contributed by atoms with van der Waals surface area (Å²) in [5.74, 6) is 0.663. The molecule has 0 spiro atoms. The number of methoxy groups -OCH3 is 1. The molecule has 0 bridgehead atoms. The molecule has 1 fully saturated rings. The van der Waals surface area contributed by atoms with Crippen molar-refractivity contribution in [1.29, 1.82) is 0 Å². The number of rotatable bonds is 6. The molecule has 2 amide bonds. The van der Waals surface area contributed by atoms with E-state index in [1.54, 1.807) is 31.4 Å². The van der Waals surface area contributed by atoms with Gasteiger partial charge in [0.15, 0.2) is 0 Å². The van der Waals surface area contributed by atoms with Gasteiger partial charge in [0.1, 0.15) is 5.75 Å². The molecule has 6 heteroatoms. The second-order valence-electron chi connectivity index (χ2n) is 7.57. The van der Waals surface area contributed by atoms with Crippen LogP contribution in [0.1, 0.15) is 34.3 Å². The third-order valence-corrected chi connectivity index (χ3v) is 5.39. The molecule has 0 aromatic heterocycles. The van der Waals surface area contributed by atoms with Crippen molar-refractivity contribution in [2.45, 2.75) is 32.7 Å². The van der Waals surface area contributed by atoms with Gasteiger partial charge in [-0.05, 0) is 62.1 Å². The third kappa shape index (κ3) is 5.57. The molecule has 29 heavy (non-hydrogen) atoms. The highest BCUT2D eigenvalue weighted by Gasteiger charge is 2.22. The number of amides is 2. The number of nitrogens with one attached hydrogen (secondary N) is 2. The number of hydrogen-bond acceptors (Lipinski definition) is 4. The number of likely N-dealkylation sites (tertiary alicyclic amines) is 1. The first-order valence-electron chi connectivity index (χ1n) is 9.99. The highest BCUT2D eigenvalue weighted by molar-refractivity contribution is 5.94. The molecule has 0 aliphatic carbocycles. The van der Waals surface area contributed by atoms with E-state index in [2.05, 4.69) is 15.5 Å². The molecule has 2 N–H and O–H groups in total. The number of benzene rings is 2. The Balaban J connectivity index is 1.45. The predicted molar refractivity (Wildman–Crippen MR) is 114 cm³/mol. The molecule has 1 aliphatic heterocycles. The van der Waals surface area contributed by atoms with Gasteiger partial charge in [0, 0.05) is 30.4 Å². The van der Waals surface area contributed by atoms with Crippen molar-refractivity contribution in [2.24, 2.45) is 0 Å². The van der Waals surface area contributed by atoms with Crippen molar-refractivity contribution in [1.82, 2.24) is 10.2 Å². The van der Waals surface area contributed by atoms with Crippen LogP contribution in [0, 0.1) is 13.8 Å². The topological polar surface area (TPSA) is 70.7 Å². The van der Waals surface area contributed by atoms with Crippen molar-refractivity contribution in [3.05, 3.63) is 59.2 Å². The second-order valence-corrected chi connectivity index (χ2v) is 7.57. The Labute approximate surface area is 172 Å².